The Morgan fingerprint density at radius 2 is 1.81 bits per heavy atom. The van der Waals surface area contributed by atoms with Crippen LogP contribution < -0.4 is 10.0 Å². The molecule has 144 valence electrons. The Hall–Kier alpha value is -2.16. The summed E-state index contributed by atoms with van der Waals surface area (Å²) in [5, 5.41) is 0. The van der Waals surface area contributed by atoms with Gasteiger partial charge in [-0.2, -0.15) is 0 Å². The van der Waals surface area contributed by atoms with E-state index in [9.17, 15) is 22.4 Å². The molecule has 0 saturated carbocycles. The highest BCUT2D eigenvalue weighted by molar-refractivity contribution is 7.92. The zero-order valence-corrected chi connectivity index (χ0v) is 15.7. The number of halogens is 1. The van der Waals surface area contributed by atoms with E-state index in [4.69, 9.17) is 5.73 Å². The number of rotatable bonds is 6. The molecule has 2 rings (SSSR count). The number of amides is 2. The van der Waals surface area contributed by atoms with Gasteiger partial charge in [0, 0.05) is 19.0 Å². The maximum atomic E-state index is 13.2. The van der Waals surface area contributed by atoms with E-state index >= 15 is 0 Å². The Kier molecular flexibility index (Phi) is 6.22. The predicted molar refractivity (Wildman–Crippen MR) is 96.3 cm³/mol. The summed E-state index contributed by atoms with van der Waals surface area (Å²) in [6.07, 6.45) is 2.21. The molecule has 1 unspecified atom stereocenters. The first-order valence-electron chi connectivity index (χ1n) is 8.48. The average Bonchev–Trinajstić information content (AvgIpc) is 2.59. The van der Waals surface area contributed by atoms with Crippen LogP contribution >= 0.6 is 0 Å². The van der Waals surface area contributed by atoms with Crippen molar-refractivity contribution in [3.63, 3.8) is 0 Å². The van der Waals surface area contributed by atoms with Crippen molar-refractivity contribution in [2.24, 2.45) is 11.7 Å². The predicted octanol–water partition coefficient (Wildman–Crippen LogP) is 1.09. The topological polar surface area (TPSA) is 101 Å². The lowest BCUT2D eigenvalue weighted by molar-refractivity contribution is -0.135. The van der Waals surface area contributed by atoms with Gasteiger partial charge in [0.1, 0.15) is 11.9 Å². The van der Waals surface area contributed by atoms with Crippen LogP contribution in [0.5, 0.6) is 0 Å². The Bertz CT molecular complexity index is 759. The number of carbonyl (C=O) groups is 2. The normalized spacial score (nSPS) is 17.0. The molecule has 0 spiro atoms. The van der Waals surface area contributed by atoms with E-state index in [0.717, 1.165) is 22.7 Å². The van der Waals surface area contributed by atoms with Crippen LogP contribution in [-0.4, -0.2) is 50.5 Å². The van der Waals surface area contributed by atoms with Crippen LogP contribution in [0.3, 0.4) is 0 Å². The summed E-state index contributed by atoms with van der Waals surface area (Å²) in [5.74, 6) is -1.46. The third kappa shape index (κ3) is 4.51. The van der Waals surface area contributed by atoms with Crippen molar-refractivity contribution in [3.05, 3.63) is 30.1 Å². The summed E-state index contributed by atoms with van der Waals surface area (Å²) >= 11 is 0. The van der Waals surface area contributed by atoms with Crippen LogP contribution in [0.25, 0.3) is 0 Å². The monoisotopic (exact) mass is 385 g/mol. The molecule has 26 heavy (non-hydrogen) atoms. The molecule has 1 aromatic carbocycles. The minimum atomic E-state index is -3.76. The minimum Gasteiger partial charge on any atom is -0.369 e. The van der Waals surface area contributed by atoms with Crippen molar-refractivity contribution in [2.45, 2.75) is 32.2 Å². The van der Waals surface area contributed by atoms with E-state index in [-0.39, 0.29) is 29.8 Å². The number of anilines is 1. The molecule has 1 aromatic rings. The van der Waals surface area contributed by atoms with Gasteiger partial charge in [-0.05, 0) is 43.5 Å². The summed E-state index contributed by atoms with van der Waals surface area (Å²) in [7, 11) is -3.76. The van der Waals surface area contributed by atoms with Gasteiger partial charge < -0.3 is 10.6 Å². The third-order valence-electron chi connectivity index (χ3n) is 4.60. The number of carbonyl (C=O) groups excluding carboxylic acids is 2. The fraction of sp³-hybridized carbons (Fsp3) is 0.529. The molecule has 0 aliphatic carbocycles. The van der Waals surface area contributed by atoms with Crippen LogP contribution in [0, 0.1) is 11.7 Å². The summed E-state index contributed by atoms with van der Waals surface area (Å²) < 4.78 is 38.9. The SMILES string of the molecule is CCC(C(=O)N1CCC(C(N)=O)CC1)N(c1ccc(F)cc1)S(C)(=O)=O. The third-order valence-corrected chi connectivity index (χ3v) is 5.78. The fourth-order valence-corrected chi connectivity index (χ4v) is 4.43. The van der Waals surface area contributed by atoms with Gasteiger partial charge in [-0.25, -0.2) is 12.8 Å². The molecular weight excluding hydrogens is 361 g/mol. The van der Waals surface area contributed by atoms with Crippen LogP contribution in [0.15, 0.2) is 24.3 Å². The van der Waals surface area contributed by atoms with Crippen molar-refractivity contribution in [3.8, 4) is 0 Å². The first kappa shape index (κ1) is 20.2. The number of hydrogen-bond acceptors (Lipinski definition) is 4. The summed E-state index contributed by atoms with van der Waals surface area (Å²) in [6, 6.07) is 4.06. The van der Waals surface area contributed by atoms with E-state index in [1.165, 1.54) is 12.1 Å². The van der Waals surface area contributed by atoms with E-state index in [0.29, 0.717) is 25.9 Å². The highest BCUT2D eigenvalue weighted by atomic mass is 32.2. The number of likely N-dealkylation sites (tertiary alicyclic amines) is 1. The van der Waals surface area contributed by atoms with Gasteiger partial charge in [-0.15, -0.1) is 0 Å². The number of piperidine rings is 1. The van der Waals surface area contributed by atoms with Gasteiger partial charge in [0.25, 0.3) is 0 Å². The summed E-state index contributed by atoms with van der Waals surface area (Å²) in [4.78, 5) is 25.8. The van der Waals surface area contributed by atoms with Gasteiger partial charge in [-0.3, -0.25) is 13.9 Å². The number of nitrogens with two attached hydrogens (primary N) is 1. The van der Waals surface area contributed by atoms with Crippen molar-refractivity contribution in [1.29, 1.82) is 0 Å². The largest absolute Gasteiger partial charge is 0.369 e. The molecule has 7 nitrogen and oxygen atoms in total. The Morgan fingerprint density at radius 1 is 1.27 bits per heavy atom. The van der Waals surface area contributed by atoms with Crippen molar-refractivity contribution in [1.82, 2.24) is 4.90 Å². The van der Waals surface area contributed by atoms with Crippen LogP contribution in [0.4, 0.5) is 10.1 Å². The summed E-state index contributed by atoms with van der Waals surface area (Å²) in [6.45, 7) is 2.42. The van der Waals surface area contributed by atoms with Gasteiger partial charge >= 0.3 is 0 Å². The van der Waals surface area contributed by atoms with Crippen LogP contribution in [0.1, 0.15) is 26.2 Å². The number of sulfonamides is 1. The Labute approximate surface area is 153 Å². The zero-order chi connectivity index (χ0) is 19.5. The molecular formula is C17H24FN3O4S. The zero-order valence-electron chi connectivity index (χ0n) is 14.9. The quantitative estimate of drug-likeness (QED) is 0.792. The lowest BCUT2D eigenvalue weighted by Gasteiger charge is -2.37. The lowest BCUT2D eigenvalue weighted by Crippen LogP contribution is -2.53. The molecule has 1 aliphatic rings. The second-order valence-electron chi connectivity index (χ2n) is 6.46. The van der Waals surface area contributed by atoms with Gasteiger partial charge in [0.2, 0.25) is 21.8 Å². The van der Waals surface area contributed by atoms with Gasteiger partial charge in [0.05, 0.1) is 11.9 Å². The van der Waals surface area contributed by atoms with Gasteiger partial charge in [-0.1, -0.05) is 6.92 Å². The van der Waals surface area contributed by atoms with Crippen LogP contribution in [-0.2, 0) is 19.6 Å². The molecule has 1 fully saturated rings. The second kappa shape index (κ2) is 8.03. The van der Waals surface area contributed by atoms with Crippen molar-refractivity contribution >= 4 is 27.5 Å². The Balaban J connectivity index is 2.26. The van der Waals surface area contributed by atoms with Crippen LogP contribution in [0.2, 0.25) is 0 Å². The highest BCUT2D eigenvalue weighted by Crippen LogP contribution is 2.25. The molecule has 2 N–H and O–H groups in total. The molecule has 0 bridgehead atoms. The smallest absolute Gasteiger partial charge is 0.246 e. The number of nitrogens with zero attached hydrogens (tertiary/aromatic N) is 2. The van der Waals surface area contributed by atoms with E-state index < -0.39 is 21.9 Å². The maximum Gasteiger partial charge on any atom is 0.246 e. The Morgan fingerprint density at radius 3 is 2.23 bits per heavy atom. The van der Waals surface area contributed by atoms with Gasteiger partial charge in [0.15, 0.2) is 0 Å². The first-order valence-corrected chi connectivity index (χ1v) is 10.3. The minimum absolute atomic E-state index is 0.237. The summed E-state index contributed by atoms with van der Waals surface area (Å²) in [5.41, 5.74) is 5.54. The molecule has 0 aromatic heterocycles. The standard InChI is InChI=1S/C17H24FN3O4S/c1-3-15(17(23)20-10-8-12(9-11-20)16(19)22)21(26(2,24)25)14-6-4-13(18)5-7-14/h4-7,12,15H,3,8-11H2,1-2H3,(H2,19,22). The molecule has 1 heterocycles. The molecule has 0 radical (unpaired) electrons. The molecule has 9 heteroatoms. The molecule has 1 saturated heterocycles. The number of benzene rings is 1. The van der Waals surface area contributed by atoms with Crippen molar-refractivity contribution < 1.29 is 22.4 Å². The maximum absolute atomic E-state index is 13.2. The van der Waals surface area contributed by atoms with Crippen molar-refractivity contribution in [2.75, 3.05) is 23.7 Å². The number of primary amides is 1. The second-order valence-corrected chi connectivity index (χ2v) is 8.32. The lowest BCUT2D eigenvalue weighted by atomic mass is 9.95. The van der Waals surface area contributed by atoms with E-state index in [2.05, 4.69) is 0 Å². The first-order chi connectivity index (χ1) is 12.1. The van der Waals surface area contributed by atoms with E-state index in [1.807, 2.05) is 0 Å². The molecule has 1 aliphatic heterocycles. The fourth-order valence-electron chi connectivity index (χ4n) is 3.23. The number of hydrogen-bond donors (Lipinski definition) is 1. The highest BCUT2D eigenvalue weighted by Gasteiger charge is 2.36. The van der Waals surface area contributed by atoms with E-state index in [1.54, 1.807) is 11.8 Å². The molecule has 2 amide bonds. The average molecular weight is 385 g/mol. The molecule has 1 atom stereocenters.